The van der Waals surface area contributed by atoms with Gasteiger partial charge in [-0.05, 0) is 37.3 Å². The number of quaternary nitrogens is 1. The zero-order valence-electron chi connectivity index (χ0n) is 12.1. The molecule has 2 rings (SSSR count). The van der Waals surface area contributed by atoms with E-state index < -0.39 is 0 Å². The quantitative estimate of drug-likeness (QED) is 0.866. The first kappa shape index (κ1) is 14.8. The first-order valence-corrected chi connectivity index (χ1v) is 6.76. The summed E-state index contributed by atoms with van der Waals surface area (Å²) >= 11 is 0. The molecule has 108 valence electrons. The van der Waals surface area contributed by atoms with Gasteiger partial charge in [0, 0.05) is 5.69 Å². The van der Waals surface area contributed by atoms with E-state index in [0.717, 1.165) is 10.7 Å². The zero-order valence-corrected chi connectivity index (χ0v) is 12.1. The van der Waals surface area contributed by atoms with Crippen molar-refractivity contribution in [3.63, 3.8) is 0 Å². The minimum Gasteiger partial charge on any atom is -0.463 e. The lowest BCUT2D eigenvalue weighted by molar-refractivity contribution is -0.908. The number of rotatable bonds is 5. The van der Waals surface area contributed by atoms with Crippen LogP contribution in [0.2, 0.25) is 0 Å². The van der Waals surface area contributed by atoms with Gasteiger partial charge in [-0.3, -0.25) is 4.79 Å². The first-order valence-electron chi connectivity index (χ1n) is 6.76. The van der Waals surface area contributed by atoms with E-state index in [1.807, 2.05) is 26.1 Å². The fraction of sp³-hybridized carbons (Fsp3) is 0.250. The summed E-state index contributed by atoms with van der Waals surface area (Å²) in [6.45, 7) is 2.50. The molecule has 1 unspecified atom stereocenters. The molecule has 1 aromatic heterocycles. The van der Waals surface area contributed by atoms with Crippen LogP contribution < -0.4 is 10.2 Å². The first-order chi connectivity index (χ1) is 10.1. The molecule has 1 aromatic carbocycles. The van der Waals surface area contributed by atoms with Crippen LogP contribution in [0.3, 0.4) is 0 Å². The second-order valence-electron chi connectivity index (χ2n) is 5.01. The van der Waals surface area contributed by atoms with Crippen molar-refractivity contribution < 1.29 is 14.1 Å². The molecular formula is C16H18N3O2+. The molecule has 2 N–H and O–H groups in total. The minimum atomic E-state index is -0.235. The van der Waals surface area contributed by atoms with Gasteiger partial charge in [0.1, 0.15) is 6.54 Å². The molecule has 5 nitrogen and oxygen atoms in total. The summed E-state index contributed by atoms with van der Waals surface area (Å²) in [4.78, 5) is 13.3. The number of carbonyl (C=O) groups excluding carboxylic acids is 1. The fourth-order valence-electron chi connectivity index (χ4n) is 1.98. The van der Waals surface area contributed by atoms with E-state index >= 15 is 0 Å². The van der Waals surface area contributed by atoms with Crippen LogP contribution in [0.25, 0.3) is 0 Å². The predicted octanol–water partition coefficient (Wildman–Crippen LogP) is 1.19. The number of amides is 1. The minimum absolute atomic E-state index is 0.0888. The fourth-order valence-corrected chi connectivity index (χ4v) is 1.98. The van der Waals surface area contributed by atoms with E-state index in [4.69, 9.17) is 9.68 Å². The van der Waals surface area contributed by atoms with Crippen LogP contribution >= 0.6 is 0 Å². The number of nitrogens with zero attached hydrogens (tertiary/aromatic N) is 1. The van der Waals surface area contributed by atoms with Crippen molar-refractivity contribution in [1.29, 1.82) is 5.26 Å². The van der Waals surface area contributed by atoms with Gasteiger partial charge < -0.3 is 14.6 Å². The largest absolute Gasteiger partial charge is 0.463 e. The molecule has 0 saturated heterocycles. The Morgan fingerprint density at radius 2 is 2.24 bits per heavy atom. The van der Waals surface area contributed by atoms with Gasteiger partial charge in [0.25, 0.3) is 5.91 Å². The van der Waals surface area contributed by atoms with E-state index in [9.17, 15) is 4.79 Å². The average Bonchev–Trinajstić information content (AvgIpc) is 2.99. The maximum atomic E-state index is 12.2. The summed E-state index contributed by atoms with van der Waals surface area (Å²) in [6, 6.07) is 12.4. The monoisotopic (exact) mass is 284 g/mol. The Labute approximate surface area is 123 Å². The summed E-state index contributed by atoms with van der Waals surface area (Å²) in [5.74, 6) is 0.757. The molecule has 2 atom stereocenters. The second kappa shape index (κ2) is 6.73. The van der Waals surface area contributed by atoms with E-state index in [-0.39, 0.29) is 11.9 Å². The standard InChI is InChI=1S/C16H17N3O2/c1-12(19(2)11-15-7-4-8-21-15)16(20)18-14-6-3-5-13(9-14)10-17/h3-9,12H,11H2,1-2H3,(H,18,20)/p+1/t12-/m1/s1. The molecule has 1 heterocycles. The van der Waals surface area contributed by atoms with E-state index in [0.29, 0.717) is 17.8 Å². The molecule has 0 spiro atoms. The van der Waals surface area contributed by atoms with Gasteiger partial charge in [-0.25, -0.2) is 0 Å². The normalized spacial score (nSPS) is 13.2. The number of anilines is 1. The molecule has 0 aliphatic rings. The number of nitriles is 1. The molecule has 0 aliphatic heterocycles. The third-order valence-corrected chi connectivity index (χ3v) is 3.42. The van der Waals surface area contributed by atoms with Crippen molar-refractivity contribution >= 4 is 11.6 Å². The predicted molar refractivity (Wildman–Crippen MR) is 78.5 cm³/mol. The highest BCUT2D eigenvalue weighted by Gasteiger charge is 2.22. The van der Waals surface area contributed by atoms with Crippen LogP contribution in [0.1, 0.15) is 18.2 Å². The topological polar surface area (TPSA) is 70.5 Å². The number of furan rings is 1. The van der Waals surface area contributed by atoms with Gasteiger partial charge in [0.05, 0.1) is 24.9 Å². The van der Waals surface area contributed by atoms with Gasteiger partial charge in [-0.1, -0.05) is 6.07 Å². The number of carbonyl (C=O) groups is 1. The SMILES string of the molecule is C[C@H](C(=O)Nc1cccc(C#N)c1)[NH+](C)Cc1ccco1. The maximum absolute atomic E-state index is 12.2. The van der Waals surface area contributed by atoms with Crippen molar-refractivity contribution in [1.82, 2.24) is 0 Å². The number of hydrogen-bond donors (Lipinski definition) is 2. The molecule has 0 radical (unpaired) electrons. The highest BCUT2D eigenvalue weighted by Crippen LogP contribution is 2.09. The Morgan fingerprint density at radius 1 is 1.43 bits per heavy atom. The van der Waals surface area contributed by atoms with Crippen molar-refractivity contribution in [2.75, 3.05) is 12.4 Å². The highest BCUT2D eigenvalue weighted by atomic mass is 16.3. The smallest absolute Gasteiger partial charge is 0.282 e. The van der Waals surface area contributed by atoms with E-state index in [2.05, 4.69) is 11.4 Å². The Bertz CT molecular complexity index is 644. The van der Waals surface area contributed by atoms with Crippen LogP contribution in [0.15, 0.2) is 47.1 Å². The van der Waals surface area contributed by atoms with Gasteiger partial charge in [-0.15, -0.1) is 0 Å². The van der Waals surface area contributed by atoms with E-state index in [1.165, 1.54) is 0 Å². The Balaban J connectivity index is 1.97. The number of nitrogens with one attached hydrogen (secondary N) is 2. The summed E-state index contributed by atoms with van der Waals surface area (Å²) in [5.41, 5.74) is 1.16. The van der Waals surface area contributed by atoms with Crippen molar-refractivity contribution in [2.24, 2.45) is 0 Å². The Morgan fingerprint density at radius 3 is 2.90 bits per heavy atom. The number of likely N-dealkylation sites (N-methyl/N-ethyl adjacent to an activating group) is 1. The van der Waals surface area contributed by atoms with Crippen LogP contribution in [0, 0.1) is 11.3 Å². The summed E-state index contributed by atoms with van der Waals surface area (Å²) in [7, 11) is 1.94. The number of benzene rings is 1. The summed E-state index contributed by atoms with van der Waals surface area (Å²) in [5, 5.41) is 11.7. The molecule has 2 aromatic rings. The van der Waals surface area contributed by atoms with Crippen LogP contribution in [0.5, 0.6) is 0 Å². The summed E-state index contributed by atoms with van der Waals surface area (Å²) < 4.78 is 5.29. The Kier molecular flexibility index (Phi) is 4.75. The van der Waals surface area contributed by atoms with Crippen LogP contribution in [-0.4, -0.2) is 19.0 Å². The number of hydrogen-bond acceptors (Lipinski definition) is 3. The van der Waals surface area contributed by atoms with E-state index in [1.54, 1.807) is 30.5 Å². The Hall–Kier alpha value is -2.58. The maximum Gasteiger partial charge on any atom is 0.282 e. The molecule has 0 fully saturated rings. The van der Waals surface area contributed by atoms with Crippen LogP contribution in [0.4, 0.5) is 5.69 Å². The average molecular weight is 284 g/mol. The zero-order chi connectivity index (χ0) is 15.2. The van der Waals surface area contributed by atoms with Crippen molar-refractivity contribution in [2.45, 2.75) is 19.5 Å². The van der Waals surface area contributed by atoms with Gasteiger partial charge >= 0.3 is 0 Å². The highest BCUT2D eigenvalue weighted by molar-refractivity contribution is 5.93. The molecule has 0 saturated carbocycles. The molecule has 21 heavy (non-hydrogen) atoms. The second-order valence-corrected chi connectivity index (χ2v) is 5.01. The van der Waals surface area contributed by atoms with Crippen molar-refractivity contribution in [3.05, 3.63) is 54.0 Å². The molecule has 0 aliphatic carbocycles. The lowest BCUT2D eigenvalue weighted by atomic mass is 10.2. The molecular weight excluding hydrogens is 266 g/mol. The summed E-state index contributed by atoms with van der Waals surface area (Å²) in [6.07, 6.45) is 1.63. The third-order valence-electron chi connectivity index (χ3n) is 3.42. The molecule has 0 bridgehead atoms. The third kappa shape index (κ3) is 3.94. The van der Waals surface area contributed by atoms with Gasteiger partial charge in [-0.2, -0.15) is 5.26 Å². The molecule has 1 amide bonds. The lowest BCUT2D eigenvalue weighted by Gasteiger charge is -2.20. The molecule has 5 heteroatoms. The lowest BCUT2D eigenvalue weighted by Crippen LogP contribution is -3.12. The van der Waals surface area contributed by atoms with Crippen LogP contribution in [-0.2, 0) is 11.3 Å². The van der Waals surface area contributed by atoms with Gasteiger partial charge in [0.2, 0.25) is 0 Å². The van der Waals surface area contributed by atoms with Crippen molar-refractivity contribution in [3.8, 4) is 6.07 Å². The van der Waals surface area contributed by atoms with Gasteiger partial charge in [0.15, 0.2) is 11.8 Å².